The Hall–Kier alpha value is -1.15. The van der Waals surface area contributed by atoms with E-state index in [1.807, 2.05) is 19.2 Å². The van der Waals surface area contributed by atoms with Gasteiger partial charge in [0.2, 0.25) is 0 Å². The van der Waals surface area contributed by atoms with Crippen LogP contribution in [0.5, 0.6) is 0 Å². The fourth-order valence-electron chi connectivity index (χ4n) is 2.35. The molecule has 2 heteroatoms. The lowest BCUT2D eigenvalue weighted by atomic mass is 9.90. The molecule has 0 aromatic heterocycles. The summed E-state index contributed by atoms with van der Waals surface area (Å²) < 4.78 is 12.9. The summed E-state index contributed by atoms with van der Waals surface area (Å²) in [5, 5.41) is 3.32. The molecule has 1 aliphatic carbocycles. The van der Waals surface area contributed by atoms with Crippen LogP contribution >= 0.6 is 0 Å². The van der Waals surface area contributed by atoms with Crippen LogP contribution in [-0.4, -0.2) is 7.05 Å². The van der Waals surface area contributed by atoms with Crippen LogP contribution in [0.4, 0.5) is 4.39 Å². The third kappa shape index (κ3) is 2.50. The molecule has 1 unspecified atom stereocenters. The van der Waals surface area contributed by atoms with E-state index in [4.69, 9.17) is 0 Å². The molecule has 1 aromatic rings. The van der Waals surface area contributed by atoms with Crippen molar-refractivity contribution in [3.05, 3.63) is 47.3 Å². The van der Waals surface area contributed by atoms with E-state index >= 15 is 0 Å². The molecular weight excluding hydrogens is 201 g/mol. The molecule has 0 amide bonds. The fraction of sp³-hybridized carbons (Fsp3) is 0.429. The van der Waals surface area contributed by atoms with Crippen molar-refractivity contribution in [1.82, 2.24) is 5.32 Å². The van der Waals surface area contributed by atoms with E-state index in [2.05, 4.69) is 11.4 Å². The predicted molar refractivity (Wildman–Crippen MR) is 64.8 cm³/mol. The van der Waals surface area contributed by atoms with Gasteiger partial charge in [0, 0.05) is 0 Å². The molecule has 1 N–H and O–H groups in total. The Balaban J connectivity index is 2.21. The maximum absolute atomic E-state index is 12.9. The Bertz CT molecular complexity index is 367. The van der Waals surface area contributed by atoms with E-state index < -0.39 is 0 Å². The Labute approximate surface area is 96.4 Å². The maximum Gasteiger partial charge on any atom is 0.123 e. The minimum atomic E-state index is -0.170. The van der Waals surface area contributed by atoms with E-state index in [1.54, 1.807) is 0 Å². The van der Waals surface area contributed by atoms with Crippen molar-refractivity contribution >= 4 is 0 Å². The van der Waals surface area contributed by atoms with Gasteiger partial charge in [-0.25, -0.2) is 4.39 Å². The second-order valence-electron chi connectivity index (χ2n) is 4.30. The number of benzene rings is 1. The molecular formula is C14H18FN. The highest BCUT2D eigenvalue weighted by Gasteiger charge is 2.16. The summed E-state index contributed by atoms with van der Waals surface area (Å²) >= 11 is 0. The summed E-state index contributed by atoms with van der Waals surface area (Å²) in [7, 11) is 1.96. The van der Waals surface area contributed by atoms with Gasteiger partial charge in [-0.2, -0.15) is 0 Å². The zero-order valence-electron chi connectivity index (χ0n) is 9.67. The largest absolute Gasteiger partial charge is 0.310 e. The normalized spacial score (nSPS) is 18.0. The first kappa shape index (κ1) is 11.3. The Morgan fingerprint density at radius 3 is 2.50 bits per heavy atom. The Kier molecular flexibility index (Phi) is 3.73. The first-order chi connectivity index (χ1) is 7.81. The summed E-state index contributed by atoms with van der Waals surface area (Å²) in [6.45, 7) is 0. The lowest BCUT2D eigenvalue weighted by Gasteiger charge is -2.23. The molecule has 2 rings (SSSR count). The van der Waals surface area contributed by atoms with E-state index in [-0.39, 0.29) is 11.9 Å². The molecule has 16 heavy (non-hydrogen) atoms. The molecule has 1 aliphatic rings. The van der Waals surface area contributed by atoms with Gasteiger partial charge in [-0.15, -0.1) is 0 Å². The van der Waals surface area contributed by atoms with Crippen molar-refractivity contribution in [2.75, 3.05) is 7.05 Å². The lowest BCUT2D eigenvalue weighted by molar-refractivity contribution is 0.589. The van der Waals surface area contributed by atoms with Crippen LogP contribution in [0, 0.1) is 5.82 Å². The number of hydrogen-bond donors (Lipinski definition) is 1. The van der Waals surface area contributed by atoms with Crippen molar-refractivity contribution in [3.8, 4) is 0 Å². The van der Waals surface area contributed by atoms with Crippen molar-refractivity contribution in [3.63, 3.8) is 0 Å². The van der Waals surface area contributed by atoms with Crippen molar-refractivity contribution < 1.29 is 4.39 Å². The first-order valence-electron chi connectivity index (χ1n) is 5.93. The number of rotatable bonds is 3. The van der Waals surface area contributed by atoms with Crippen LogP contribution in [0.3, 0.4) is 0 Å². The van der Waals surface area contributed by atoms with Crippen molar-refractivity contribution in [2.24, 2.45) is 0 Å². The van der Waals surface area contributed by atoms with Crippen LogP contribution in [0.25, 0.3) is 0 Å². The molecule has 1 atom stereocenters. The molecule has 0 bridgehead atoms. The highest BCUT2D eigenvalue weighted by atomic mass is 19.1. The number of likely N-dealkylation sites (N-methyl/N-ethyl adjacent to an activating group) is 1. The van der Waals surface area contributed by atoms with Crippen LogP contribution in [0.15, 0.2) is 35.9 Å². The zero-order valence-corrected chi connectivity index (χ0v) is 9.67. The average molecular weight is 219 g/mol. The fourth-order valence-corrected chi connectivity index (χ4v) is 2.35. The van der Waals surface area contributed by atoms with Gasteiger partial charge < -0.3 is 5.32 Å². The number of halogens is 1. The molecule has 0 heterocycles. The SMILES string of the molecule is CNC(C1=CCCCC1)c1ccc(F)cc1. The summed E-state index contributed by atoms with van der Waals surface area (Å²) in [5.74, 6) is -0.170. The van der Waals surface area contributed by atoms with Gasteiger partial charge in [0.05, 0.1) is 6.04 Å². The van der Waals surface area contributed by atoms with Crippen LogP contribution in [0.2, 0.25) is 0 Å². The molecule has 0 aliphatic heterocycles. The minimum Gasteiger partial charge on any atom is -0.310 e. The lowest BCUT2D eigenvalue weighted by Crippen LogP contribution is -2.19. The van der Waals surface area contributed by atoms with Crippen LogP contribution < -0.4 is 5.32 Å². The third-order valence-corrected chi connectivity index (χ3v) is 3.19. The molecule has 86 valence electrons. The quantitative estimate of drug-likeness (QED) is 0.766. The van der Waals surface area contributed by atoms with Crippen molar-refractivity contribution in [2.45, 2.75) is 31.7 Å². The second kappa shape index (κ2) is 5.26. The van der Waals surface area contributed by atoms with E-state index in [0.29, 0.717) is 0 Å². The number of nitrogens with one attached hydrogen (secondary N) is 1. The van der Waals surface area contributed by atoms with Gasteiger partial charge in [0.15, 0.2) is 0 Å². The monoisotopic (exact) mass is 219 g/mol. The smallest absolute Gasteiger partial charge is 0.123 e. The molecule has 0 spiro atoms. The molecule has 0 saturated carbocycles. The summed E-state index contributed by atoms with van der Waals surface area (Å²) in [4.78, 5) is 0. The standard InChI is InChI=1S/C14H18FN/c1-16-14(11-5-3-2-4-6-11)12-7-9-13(15)10-8-12/h5,7-10,14,16H,2-4,6H2,1H3. The van der Waals surface area contributed by atoms with Gasteiger partial charge in [-0.1, -0.05) is 23.8 Å². The molecule has 0 saturated heterocycles. The minimum absolute atomic E-state index is 0.170. The molecule has 1 nitrogen and oxygen atoms in total. The highest BCUT2D eigenvalue weighted by molar-refractivity contribution is 5.29. The van der Waals surface area contributed by atoms with Gasteiger partial charge in [-0.05, 0) is 50.4 Å². The third-order valence-electron chi connectivity index (χ3n) is 3.19. The van der Waals surface area contributed by atoms with Crippen molar-refractivity contribution in [1.29, 1.82) is 0 Å². The topological polar surface area (TPSA) is 12.0 Å². The second-order valence-corrected chi connectivity index (χ2v) is 4.30. The Morgan fingerprint density at radius 2 is 1.94 bits per heavy atom. The van der Waals surface area contributed by atoms with E-state index in [9.17, 15) is 4.39 Å². The number of hydrogen-bond acceptors (Lipinski definition) is 1. The zero-order chi connectivity index (χ0) is 11.4. The molecule has 0 fully saturated rings. The van der Waals surface area contributed by atoms with Gasteiger partial charge in [0.1, 0.15) is 5.82 Å². The van der Waals surface area contributed by atoms with Gasteiger partial charge in [0.25, 0.3) is 0 Å². The highest BCUT2D eigenvalue weighted by Crippen LogP contribution is 2.29. The summed E-state index contributed by atoms with van der Waals surface area (Å²) in [6, 6.07) is 7.05. The van der Waals surface area contributed by atoms with E-state index in [0.717, 1.165) is 12.0 Å². The summed E-state index contributed by atoms with van der Waals surface area (Å²) in [5.41, 5.74) is 2.59. The predicted octanol–water partition coefficient (Wildman–Crippen LogP) is 3.59. The molecule has 0 radical (unpaired) electrons. The molecule has 1 aromatic carbocycles. The van der Waals surface area contributed by atoms with Crippen LogP contribution in [-0.2, 0) is 0 Å². The van der Waals surface area contributed by atoms with Gasteiger partial charge in [-0.3, -0.25) is 0 Å². The maximum atomic E-state index is 12.9. The van der Waals surface area contributed by atoms with Crippen LogP contribution in [0.1, 0.15) is 37.3 Å². The Morgan fingerprint density at radius 1 is 1.19 bits per heavy atom. The number of allylic oxidation sites excluding steroid dienone is 1. The van der Waals surface area contributed by atoms with Gasteiger partial charge >= 0.3 is 0 Å². The van der Waals surface area contributed by atoms with E-state index in [1.165, 1.54) is 37.0 Å². The first-order valence-corrected chi connectivity index (χ1v) is 5.93. The average Bonchev–Trinajstić information content (AvgIpc) is 2.34. The summed E-state index contributed by atoms with van der Waals surface area (Å²) in [6.07, 6.45) is 7.22.